The fourth-order valence-corrected chi connectivity index (χ4v) is 6.40. The molecule has 3 aromatic rings. The number of halogens is 2. The number of hydrogen-bond donors (Lipinski definition) is 1. The predicted octanol–water partition coefficient (Wildman–Crippen LogP) is 5.67. The first kappa shape index (κ1) is 19.4. The number of fused-ring (bicyclic) bond motifs is 2. The Kier molecular flexibility index (Phi) is 5.29. The van der Waals surface area contributed by atoms with Gasteiger partial charge >= 0.3 is 0 Å². The van der Waals surface area contributed by atoms with Crippen LogP contribution in [0.25, 0.3) is 10.1 Å². The average Bonchev–Trinajstić information content (AvgIpc) is 3.22. The fourth-order valence-electron chi connectivity index (χ4n) is 4.84. The molecular weight excluding hydrogens is 423 g/mol. The molecule has 0 radical (unpaired) electrons. The van der Waals surface area contributed by atoms with E-state index in [4.69, 9.17) is 23.2 Å². The van der Waals surface area contributed by atoms with Crippen LogP contribution in [0.1, 0.15) is 27.6 Å². The van der Waals surface area contributed by atoms with Gasteiger partial charge < -0.3 is 10.2 Å². The molecule has 29 heavy (non-hydrogen) atoms. The molecule has 6 heteroatoms. The summed E-state index contributed by atoms with van der Waals surface area (Å²) in [6.45, 7) is 3.77. The molecule has 1 aliphatic carbocycles. The molecule has 150 valence electrons. The van der Waals surface area contributed by atoms with Crippen LogP contribution in [0.15, 0.2) is 48.5 Å². The lowest BCUT2D eigenvalue weighted by Crippen LogP contribution is -2.34. The summed E-state index contributed by atoms with van der Waals surface area (Å²) in [5.74, 6) is 2.08. The highest BCUT2D eigenvalue weighted by Crippen LogP contribution is 2.51. The minimum absolute atomic E-state index is 0.0718. The quantitative estimate of drug-likeness (QED) is 0.549. The molecule has 1 saturated carbocycles. The second kappa shape index (κ2) is 7.92. The van der Waals surface area contributed by atoms with Crippen molar-refractivity contribution in [3.8, 4) is 0 Å². The molecule has 3 nitrogen and oxygen atoms in total. The van der Waals surface area contributed by atoms with Gasteiger partial charge in [0.1, 0.15) is 4.88 Å². The maximum absolute atomic E-state index is 12.6. The zero-order valence-corrected chi connectivity index (χ0v) is 18.2. The third-order valence-electron chi connectivity index (χ3n) is 6.39. The van der Waals surface area contributed by atoms with Crippen LogP contribution < -0.4 is 5.32 Å². The standard InChI is InChI=1S/C23H22Cl2N2OS/c24-16-7-5-14(6-8-16)18-11-15-12-27(13-19(15)18)10-9-26-23(28)22-21(25)17-3-1-2-4-20(17)29-22/h1-8,15,18-19H,9-13H2,(H,26,28). The third kappa shape index (κ3) is 3.68. The second-order valence-corrected chi connectivity index (χ2v) is 9.94. The minimum Gasteiger partial charge on any atom is -0.350 e. The van der Waals surface area contributed by atoms with Crippen LogP contribution in [0.3, 0.4) is 0 Å². The van der Waals surface area contributed by atoms with Crippen molar-refractivity contribution in [2.24, 2.45) is 11.8 Å². The van der Waals surface area contributed by atoms with E-state index < -0.39 is 0 Å². The van der Waals surface area contributed by atoms with E-state index >= 15 is 0 Å². The van der Waals surface area contributed by atoms with Gasteiger partial charge in [-0.2, -0.15) is 0 Å². The topological polar surface area (TPSA) is 32.3 Å². The highest BCUT2D eigenvalue weighted by molar-refractivity contribution is 7.21. The molecule has 2 aromatic carbocycles. The van der Waals surface area contributed by atoms with Crippen molar-refractivity contribution in [3.05, 3.63) is 69.0 Å². The Bertz CT molecular complexity index is 1050. The lowest BCUT2D eigenvalue weighted by atomic mass is 9.64. The number of hydrogen-bond acceptors (Lipinski definition) is 3. The summed E-state index contributed by atoms with van der Waals surface area (Å²) in [5.41, 5.74) is 1.41. The average molecular weight is 445 g/mol. The van der Waals surface area contributed by atoms with E-state index in [1.165, 1.54) is 23.3 Å². The van der Waals surface area contributed by atoms with E-state index in [1.54, 1.807) is 0 Å². The first-order chi connectivity index (χ1) is 14.1. The molecular formula is C23H22Cl2N2OS. The van der Waals surface area contributed by atoms with Crippen molar-refractivity contribution >= 4 is 50.5 Å². The number of carbonyl (C=O) groups excluding carboxylic acids is 1. The summed E-state index contributed by atoms with van der Waals surface area (Å²) < 4.78 is 1.05. The molecule has 2 fully saturated rings. The number of amides is 1. The molecule has 5 rings (SSSR count). The summed E-state index contributed by atoms with van der Waals surface area (Å²) in [6.07, 6.45) is 1.26. The number of rotatable bonds is 5. The van der Waals surface area contributed by atoms with E-state index in [0.29, 0.717) is 22.4 Å². The summed E-state index contributed by atoms with van der Waals surface area (Å²) in [6, 6.07) is 16.2. The monoisotopic (exact) mass is 444 g/mol. The van der Waals surface area contributed by atoms with Gasteiger partial charge in [0, 0.05) is 41.3 Å². The Labute approximate surface area is 184 Å². The number of thiophene rings is 1. The Morgan fingerprint density at radius 1 is 1.10 bits per heavy atom. The summed E-state index contributed by atoms with van der Waals surface area (Å²) in [7, 11) is 0. The molecule has 3 atom stereocenters. The predicted molar refractivity (Wildman–Crippen MR) is 121 cm³/mol. The van der Waals surface area contributed by atoms with Gasteiger partial charge in [0.15, 0.2) is 0 Å². The van der Waals surface area contributed by atoms with Crippen molar-refractivity contribution in [2.45, 2.75) is 12.3 Å². The van der Waals surface area contributed by atoms with E-state index in [2.05, 4.69) is 22.3 Å². The Morgan fingerprint density at radius 2 is 1.90 bits per heavy atom. The highest BCUT2D eigenvalue weighted by Gasteiger charge is 2.47. The van der Waals surface area contributed by atoms with Crippen LogP contribution in [0.2, 0.25) is 10.0 Å². The first-order valence-corrected chi connectivity index (χ1v) is 11.6. The smallest absolute Gasteiger partial charge is 0.262 e. The van der Waals surface area contributed by atoms with Crippen molar-refractivity contribution in [3.63, 3.8) is 0 Å². The number of nitrogens with zero attached hydrogens (tertiary/aromatic N) is 1. The largest absolute Gasteiger partial charge is 0.350 e. The van der Waals surface area contributed by atoms with E-state index in [0.717, 1.165) is 46.6 Å². The van der Waals surface area contributed by atoms with Crippen molar-refractivity contribution in [1.29, 1.82) is 0 Å². The molecule has 1 aromatic heterocycles. The number of nitrogens with one attached hydrogen (secondary N) is 1. The molecule has 3 unspecified atom stereocenters. The maximum Gasteiger partial charge on any atom is 0.262 e. The SMILES string of the molecule is O=C(NCCN1CC2CC(c3ccc(Cl)cc3)C2C1)c1sc2ccccc2c1Cl. The summed E-state index contributed by atoms with van der Waals surface area (Å²) >= 11 is 13.9. The summed E-state index contributed by atoms with van der Waals surface area (Å²) in [5, 5.41) is 5.37. The lowest BCUT2D eigenvalue weighted by Gasteiger charge is -2.40. The maximum atomic E-state index is 12.6. The van der Waals surface area contributed by atoms with Gasteiger partial charge in [-0.15, -0.1) is 11.3 Å². The van der Waals surface area contributed by atoms with Crippen LogP contribution in [0.4, 0.5) is 0 Å². The van der Waals surface area contributed by atoms with Crippen LogP contribution in [-0.2, 0) is 0 Å². The van der Waals surface area contributed by atoms with E-state index in [-0.39, 0.29) is 5.91 Å². The Balaban J connectivity index is 1.14. The molecule has 2 heterocycles. The zero-order chi connectivity index (χ0) is 20.0. The van der Waals surface area contributed by atoms with Gasteiger partial charge in [-0.25, -0.2) is 0 Å². The number of carbonyl (C=O) groups is 1. The minimum atomic E-state index is -0.0718. The van der Waals surface area contributed by atoms with Crippen LogP contribution in [-0.4, -0.2) is 37.0 Å². The first-order valence-electron chi connectivity index (χ1n) is 10.0. The Hall–Kier alpha value is -1.59. The summed E-state index contributed by atoms with van der Waals surface area (Å²) in [4.78, 5) is 15.7. The fraction of sp³-hybridized carbons (Fsp3) is 0.348. The lowest BCUT2D eigenvalue weighted by molar-refractivity contribution is 0.0954. The van der Waals surface area contributed by atoms with Gasteiger partial charge in [0.05, 0.1) is 5.02 Å². The highest BCUT2D eigenvalue weighted by atomic mass is 35.5. The van der Waals surface area contributed by atoms with Crippen LogP contribution in [0.5, 0.6) is 0 Å². The second-order valence-electron chi connectivity index (χ2n) is 8.07. The van der Waals surface area contributed by atoms with Gasteiger partial charge in [0.25, 0.3) is 5.91 Å². The van der Waals surface area contributed by atoms with E-state index in [9.17, 15) is 4.79 Å². The normalized spacial score (nSPS) is 23.7. The molecule has 1 saturated heterocycles. The molecule has 0 bridgehead atoms. The van der Waals surface area contributed by atoms with Crippen LogP contribution >= 0.6 is 34.5 Å². The molecule has 1 N–H and O–H groups in total. The molecule has 2 aliphatic rings. The number of benzene rings is 2. The van der Waals surface area contributed by atoms with Gasteiger partial charge in [0.2, 0.25) is 0 Å². The Morgan fingerprint density at radius 3 is 2.69 bits per heavy atom. The van der Waals surface area contributed by atoms with Crippen LogP contribution in [0, 0.1) is 11.8 Å². The molecule has 1 aliphatic heterocycles. The van der Waals surface area contributed by atoms with Gasteiger partial charge in [-0.05, 0) is 47.9 Å². The van der Waals surface area contributed by atoms with Crippen molar-refractivity contribution < 1.29 is 4.79 Å². The van der Waals surface area contributed by atoms with Gasteiger partial charge in [-0.1, -0.05) is 53.5 Å². The molecule has 1 amide bonds. The van der Waals surface area contributed by atoms with Crippen molar-refractivity contribution in [2.75, 3.05) is 26.2 Å². The number of likely N-dealkylation sites (tertiary alicyclic amines) is 1. The molecule has 0 spiro atoms. The van der Waals surface area contributed by atoms with E-state index in [1.807, 2.05) is 36.4 Å². The third-order valence-corrected chi connectivity index (χ3v) is 8.32. The van der Waals surface area contributed by atoms with Crippen molar-refractivity contribution in [1.82, 2.24) is 10.2 Å². The zero-order valence-electron chi connectivity index (χ0n) is 15.9. The van der Waals surface area contributed by atoms with Gasteiger partial charge in [-0.3, -0.25) is 4.79 Å².